The standard InChI is InChI=1S/C15H10ClF3O2/c1-9(20)14-8-11(16)5-6-13(14)10-3-2-4-12(7-10)21-15(17,18)19/h2-8H,1H3. The van der Waals surface area contributed by atoms with Crippen molar-refractivity contribution in [3.05, 3.63) is 53.1 Å². The zero-order valence-corrected chi connectivity index (χ0v) is 11.6. The number of alkyl halides is 3. The van der Waals surface area contributed by atoms with Gasteiger partial charge in [0.25, 0.3) is 0 Å². The van der Waals surface area contributed by atoms with Gasteiger partial charge in [0.05, 0.1) is 0 Å². The Morgan fingerprint density at radius 2 is 1.86 bits per heavy atom. The quantitative estimate of drug-likeness (QED) is 0.736. The summed E-state index contributed by atoms with van der Waals surface area (Å²) in [6.45, 7) is 1.37. The minimum Gasteiger partial charge on any atom is -0.406 e. The minimum absolute atomic E-state index is 0.227. The highest BCUT2D eigenvalue weighted by Gasteiger charge is 2.31. The molecule has 0 aliphatic carbocycles. The summed E-state index contributed by atoms with van der Waals surface area (Å²) in [7, 11) is 0. The van der Waals surface area contributed by atoms with E-state index in [0.29, 0.717) is 21.7 Å². The van der Waals surface area contributed by atoms with E-state index < -0.39 is 6.36 Å². The van der Waals surface area contributed by atoms with Gasteiger partial charge in [-0.3, -0.25) is 4.79 Å². The summed E-state index contributed by atoms with van der Waals surface area (Å²) in [5.41, 5.74) is 1.28. The number of halogens is 4. The first-order valence-corrected chi connectivity index (χ1v) is 6.31. The number of carbonyl (C=O) groups excluding carboxylic acids is 1. The molecule has 0 radical (unpaired) electrons. The first-order chi connectivity index (χ1) is 9.76. The predicted octanol–water partition coefficient (Wildman–Crippen LogP) is 5.11. The van der Waals surface area contributed by atoms with E-state index in [9.17, 15) is 18.0 Å². The number of benzene rings is 2. The van der Waals surface area contributed by atoms with Crippen molar-refractivity contribution in [3.8, 4) is 16.9 Å². The third kappa shape index (κ3) is 3.98. The molecule has 0 atom stereocenters. The van der Waals surface area contributed by atoms with Crippen LogP contribution in [0.2, 0.25) is 5.02 Å². The van der Waals surface area contributed by atoms with Gasteiger partial charge in [-0.15, -0.1) is 13.2 Å². The van der Waals surface area contributed by atoms with Crippen LogP contribution < -0.4 is 4.74 Å². The van der Waals surface area contributed by atoms with Gasteiger partial charge in [-0.05, 0) is 42.3 Å². The van der Waals surface area contributed by atoms with Crippen molar-refractivity contribution >= 4 is 17.4 Å². The van der Waals surface area contributed by atoms with E-state index in [4.69, 9.17) is 11.6 Å². The fourth-order valence-corrected chi connectivity index (χ4v) is 2.09. The topological polar surface area (TPSA) is 26.3 Å². The average Bonchev–Trinajstić information content (AvgIpc) is 2.36. The van der Waals surface area contributed by atoms with E-state index in [1.807, 2.05) is 0 Å². The van der Waals surface area contributed by atoms with Gasteiger partial charge in [0.15, 0.2) is 5.78 Å². The number of hydrogen-bond donors (Lipinski definition) is 0. The van der Waals surface area contributed by atoms with Gasteiger partial charge < -0.3 is 4.74 Å². The number of carbonyl (C=O) groups is 1. The van der Waals surface area contributed by atoms with Crippen molar-refractivity contribution < 1.29 is 22.7 Å². The summed E-state index contributed by atoms with van der Waals surface area (Å²) >= 11 is 5.84. The number of ether oxygens (including phenoxy) is 1. The van der Waals surface area contributed by atoms with Crippen LogP contribution in [0.4, 0.5) is 13.2 Å². The molecule has 2 aromatic rings. The molecule has 2 nitrogen and oxygen atoms in total. The molecule has 0 saturated carbocycles. The lowest BCUT2D eigenvalue weighted by Crippen LogP contribution is -2.17. The van der Waals surface area contributed by atoms with Crippen molar-refractivity contribution in [2.45, 2.75) is 13.3 Å². The molecule has 0 amide bonds. The highest BCUT2D eigenvalue weighted by atomic mass is 35.5. The minimum atomic E-state index is -4.76. The second-order valence-corrected chi connectivity index (χ2v) is 4.76. The second-order valence-electron chi connectivity index (χ2n) is 4.32. The number of Topliss-reactive ketones (excluding diaryl/α,β-unsaturated/α-hetero) is 1. The molecule has 21 heavy (non-hydrogen) atoms. The van der Waals surface area contributed by atoms with Crippen molar-refractivity contribution in [1.29, 1.82) is 0 Å². The third-order valence-electron chi connectivity index (χ3n) is 2.74. The van der Waals surface area contributed by atoms with Gasteiger partial charge in [0.1, 0.15) is 5.75 Å². The Bertz CT molecular complexity index is 681. The Kier molecular flexibility index (Phi) is 4.23. The second kappa shape index (κ2) is 5.77. The summed E-state index contributed by atoms with van der Waals surface area (Å²) in [4.78, 5) is 11.6. The van der Waals surface area contributed by atoms with Crippen LogP contribution in [-0.4, -0.2) is 12.1 Å². The zero-order chi connectivity index (χ0) is 15.6. The normalized spacial score (nSPS) is 11.3. The van der Waals surface area contributed by atoms with Crippen LogP contribution in [0.15, 0.2) is 42.5 Å². The molecule has 0 bridgehead atoms. The Morgan fingerprint density at radius 3 is 2.48 bits per heavy atom. The largest absolute Gasteiger partial charge is 0.573 e. The number of rotatable bonds is 3. The molecular formula is C15H10ClF3O2. The van der Waals surface area contributed by atoms with E-state index in [-0.39, 0.29) is 11.5 Å². The van der Waals surface area contributed by atoms with Gasteiger partial charge in [0, 0.05) is 10.6 Å². The first-order valence-electron chi connectivity index (χ1n) is 5.93. The molecule has 0 N–H and O–H groups in total. The Morgan fingerprint density at radius 1 is 1.14 bits per heavy atom. The average molecular weight is 315 g/mol. The van der Waals surface area contributed by atoms with E-state index in [1.54, 1.807) is 18.2 Å². The Balaban J connectivity index is 2.48. The fourth-order valence-electron chi connectivity index (χ4n) is 1.92. The van der Waals surface area contributed by atoms with Gasteiger partial charge >= 0.3 is 6.36 Å². The van der Waals surface area contributed by atoms with E-state index in [0.717, 1.165) is 0 Å². The van der Waals surface area contributed by atoms with Gasteiger partial charge in [-0.25, -0.2) is 0 Å². The molecule has 2 aromatic carbocycles. The molecule has 110 valence electrons. The maximum atomic E-state index is 12.2. The summed E-state index contributed by atoms with van der Waals surface area (Å²) < 4.78 is 40.6. The van der Waals surface area contributed by atoms with E-state index in [2.05, 4.69) is 4.74 Å². The lowest BCUT2D eigenvalue weighted by atomic mass is 9.97. The predicted molar refractivity (Wildman–Crippen MR) is 73.6 cm³/mol. The molecule has 2 rings (SSSR count). The first kappa shape index (κ1) is 15.4. The molecule has 0 saturated heterocycles. The monoisotopic (exact) mass is 314 g/mol. The van der Waals surface area contributed by atoms with Crippen LogP contribution in [0.3, 0.4) is 0 Å². The maximum absolute atomic E-state index is 12.2. The third-order valence-corrected chi connectivity index (χ3v) is 2.97. The molecule has 0 aromatic heterocycles. The van der Waals surface area contributed by atoms with Crippen LogP contribution in [0.25, 0.3) is 11.1 Å². The fraction of sp³-hybridized carbons (Fsp3) is 0.133. The van der Waals surface area contributed by atoms with Crippen molar-refractivity contribution in [2.24, 2.45) is 0 Å². The maximum Gasteiger partial charge on any atom is 0.573 e. The lowest BCUT2D eigenvalue weighted by Gasteiger charge is -2.12. The molecule has 6 heteroatoms. The van der Waals surface area contributed by atoms with Crippen molar-refractivity contribution in [2.75, 3.05) is 0 Å². The SMILES string of the molecule is CC(=O)c1cc(Cl)ccc1-c1cccc(OC(F)(F)F)c1. The number of hydrogen-bond acceptors (Lipinski definition) is 2. The van der Waals surface area contributed by atoms with Crippen molar-refractivity contribution in [1.82, 2.24) is 0 Å². The van der Waals surface area contributed by atoms with Crippen LogP contribution in [-0.2, 0) is 0 Å². The van der Waals surface area contributed by atoms with Crippen LogP contribution >= 0.6 is 11.6 Å². The van der Waals surface area contributed by atoms with Gasteiger partial charge in [0.2, 0.25) is 0 Å². The van der Waals surface area contributed by atoms with Crippen molar-refractivity contribution in [3.63, 3.8) is 0 Å². The molecule has 0 spiro atoms. The Hall–Kier alpha value is -2.01. The van der Waals surface area contributed by atoms with Gasteiger partial charge in [-0.1, -0.05) is 29.8 Å². The lowest BCUT2D eigenvalue weighted by molar-refractivity contribution is -0.274. The molecular weight excluding hydrogens is 305 g/mol. The van der Waals surface area contributed by atoms with Gasteiger partial charge in [-0.2, -0.15) is 0 Å². The zero-order valence-electron chi connectivity index (χ0n) is 10.9. The smallest absolute Gasteiger partial charge is 0.406 e. The molecule has 0 heterocycles. The molecule has 0 fully saturated rings. The van der Waals surface area contributed by atoms with E-state index >= 15 is 0 Å². The van der Waals surface area contributed by atoms with Crippen LogP contribution in [0, 0.1) is 0 Å². The Labute approximate surface area is 124 Å². The molecule has 0 aliphatic rings. The highest BCUT2D eigenvalue weighted by molar-refractivity contribution is 6.31. The summed E-state index contributed by atoms with van der Waals surface area (Å²) in [5, 5.41) is 0.381. The number of ketones is 1. The van der Waals surface area contributed by atoms with E-state index in [1.165, 1.54) is 31.2 Å². The highest BCUT2D eigenvalue weighted by Crippen LogP contribution is 2.31. The molecule has 0 aliphatic heterocycles. The summed E-state index contributed by atoms with van der Waals surface area (Å²) in [6.07, 6.45) is -4.76. The summed E-state index contributed by atoms with van der Waals surface area (Å²) in [5.74, 6) is -0.570. The summed E-state index contributed by atoms with van der Waals surface area (Å²) in [6, 6.07) is 10.1. The van der Waals surface area contributed by atoms with Crippen LogP contribution in [0.5, 0.6) is 5.75 Å². The van der Waals surface area contributed by atoms with Crippen LogP contribution in [0.1, 0.15) is 17.3 Å². The molecule has 0 unspecified atom stereocenters.